The topological polar surface area (TPSA) is 49.3 Å². The minimum absolute atomic E-state index is 0.494. The summed E-state index contributed by atoms with van der Waals surface area (Å²) in [5, 5.41) is 3.17. The lowest BCUT2D eigenvalue weighted by atomic mass is 10.1. The molecule has 1 N–H and O–H groups in total. The first-order chi connectivity index (χ1) is 11.7. The molecule has 0 atom stereocenters. The van der Waals surface area contributed by atoms with Crippen molar-refractivity contribution in [3.8, 4) is 23.8 Å². The standard InChI is InChI=1S/C18H26N4O2/c1-5-8-20-18(19-2)22-11-9-21(10-12-22)14-15-13-16(23-3)6-7-17(15)24-4/h1,6-7,13H,8-12,14H2,2-4H3,(H,19,20). The van der Waals surface area contributed by atoms with Crippen LogP contribution in [0.15, 0.2) is 23.2 Å². The highest BCUT2D eigenvalue weighted by Gasteiger charge is 2.20. The molecule has 1 saturated heterocycles. The molecule has 1 aromatic carbocycles. The van der Waals surface area contributed by atoms with Crippen molar-refractivity contribution in [2.75, 3.05) is 54.0 Å². The molecule has 0 radical (unpaired) electrons. The van der Waals surface area contributed by atoms with E-state index < -0.39 is 0 Å². The van der Waals surface area contributed by atoms with Gasteiger partial charge in [-0.3, -0.25) is 9.89 Å². The van der Waals surface area contributed by atoms with Gasteiger partial charge in [-0.05, 0) is 18.2 Å². The lowest BCUT2D eigenvalue weighted by Gasteiger charge is -2.36. The van der Waals surface area contributed by atoms with Gasteiger partial charge in [0.1, 0.15) is 11.5 Å². The fourth-order valence-corrected chi connectivity index (χ4v) is 2.83. The first-order valence-corrected chi connectivity index (χ1v) is 8.04. The molecule has 0 spiro atoms. The van der Waals surface area contributed by atoms with E-state index in [9.17, 15) is 0 Å². The average Bonchev–Trinajstić information content (AvgIpc) is 2.63. The molecule has 1 aromatic rings. The Hall–Kier alpha value is -2.39. The van der Waals surface area contributed by atoms with Gasteiger partial charge in [0.25, 0.3) is 0 Å². The Bertz CT molecular complexity index is 602. The van der Waals surface area contributed by atoms with Crippen LogP contribution in [0, 0.1) is 12.3 Å². The number of nitrogens with one attached hydrogen (secondary N) is 1. The molecular weight excluding hydrogens is 304 g/mol. The summed E-state index contributed by atoms with van der Waals surface area (Å²) in [6.07, 6.45) is 5.30. The van der Waals surface area contributed by atoms with E-state index in [4.69, 9.17) is 15.9 Å². The van der Waals surface area contributed by atoms with Crippen molar-refractivity contribution in [1.29, 1.82) is 0 Å². The molecule has 0 bridgehead atoms. The zero-order valence-corrected chi connectivity index (χ0v) is 14.7. The van der Waals surface area contributed by atoms with Gasteiger partial charge in [-0.2, -0.15) is 0 Å². The van der Waals surface area contributed by atoms with Gasteiger partial charge >= 0.3 is 0 Å². The molecule has 24 heavy (non-hydrogen) atoms. The number of nitrogens with zero attached hydrogens (tertiary/aromatic N) is 3. The third-order valence-electron chi connectivity index (χ3n) is 4.11. The summed E-state index contributed by atoms with van der Waals surface area (Å²) in [6, 6.07) is 5.91. The molecule has 1 aliphatic rings. The van der Waals surface area contributed by atoms with Gasteiger partial charge in [0, 0.05) is 45.3 Å². The molecule has 2 rings (SSSR count). The van der Waals surface area contributed by atoms with Crippen LogP contribution in [0.1, 0.15) is 5.56 Å². The zero-order valence-electron chi connectivity index (χ0n) is 14.7. The van der Waals surface area contributed by atoms with Gasteiger partial charge in [0.15, 0.2) is 5.96 Å². The molecular formula is C18H26N4O2. The van der Waals surface area contributed by atoms with E-state index >= 15 is 0 Å². The predicted octanol–water partition coefficient (Wildman–Crippen LogP) is 1.03. The van der Waals surface area contributed by atoms with Gasteiger partial charge in [-0.25, -0.2) is 0 Å². The van der Waals surface area contributed by atoms with Crippen molar-refractivity contribution < 1.29 is 9.47 Å². The summed E-state index contributed by atoms with van der Waals surface area (Å²) in [6.45, 7) is 5.07. The molecule has 0 saturated carbocycles. The van der Waals surface area contributed by atoms with Crippen LogP contribution in [0.25, 0.3) is 0 Å². The largest absolute Gasteiger partial charge is 0.497 e. The summed E-state index contributed by atoms with van der Waals surface area (Å²) in [4.78, 5) is 8.93. The number of rotatable bonds is 5. The SMILES string of the molecule is C#CCNC(=NC)N1CCN(Cc2cc(OC)ccc2OC)CC1. The zero-order chi connectivity index (χ0) is 17.4. The Morgan fingerprint density at radius 3 is 2.58 bits per heavy atom. The van der Waals surface area contributed by atoms with E-state index in [1.165, 1.54) is 0 Å². The minimum atomic E-state index is 0.494. The highest BCUT2D eigenvalue weighted by atomic mass is 16.5. The number of aliphatic imine (C=N–C) groups is 1. The Balaban J connectivity index is 1.95. The maximum atomic E-state index is 5.47. The third kappa shape index (κ3) is 4.56. The number of methoxy groups -OCH3 is 2. The van der Waals surface area contributed by atoms with Crippen LogP contribution in [-0.4, -0.2) is 69.8 Å². The number of benzene rings is 1. The fraction of sp³-hybridized carbons (Fsp3) is 0.500. The van der Waals surface area contributed by atoms with Crippen molar-refractivity contribution in [3.05, 3.63) is 23.8 Å². The summed E-state index contributed by atoms with van der Waals surface area (Å²) in [5.74, 6) is 5.19. The number of terminal acetylenes is 1. The Morgan fingerprint density at radius 1 is 1.25 bits per heavy atom. The van der Waals surface area contributed by atoms with Gasteiger partial charge < -0.3 is 19.7 Å². The lowest BCUT2D eigenvalue weighted by Crippen LogP contribution is -2.52. The van der Waals surface area contributed by atoms with Crippen molar-refractivity contribution in [1.82, 2.24) is 15.1 Å². The van der Waals surface area contributed by atoms with Crippen LogP contribution in [-0.2, 0) is 6.54 Å². The maximum absolute atomic E-state index is 5.47. The molecule has 1 aliphatic heterocycles. The molecule has 130 valence electrons. The van der Waals surface area contributed by atoms with Gasteiger partial charge in [-0.1, -0.05) is 5.92 Å². The summed E-state index contributed by atoms with van der Waals surface area (Å²) in [7, 11) is 5.16. The number of hydrogen-bond acceptors (Lipinski definition) is 4. The number of piperazine rings is 1. The highest BCUT2D eigenvalue weighted by molar-refractivity contribution is 5.80. The molecule has 0 aliphatic carbocycles. The second-order valence-corrected chi connectivity index (χ2v) is 5.55. The van der Waals surface area contributed by atoms with Crippen LogP contribution in [0.3, 0.4) is 0 Å². The van der Waals surface area contributed by atoms with Crippen LogP contribution in [0.2, 0.25) is 0 Å². The molecule has 0 amide bonds. The van der Waals surface area contributed by atoms with E-state index in [0.717, 1.165) is 55.7 Å². The van der Waals surface area contributed by atoms with E-state index in [0.29, 0.717) is 6.54 Å². The fourth-order valence-electron chi connectivity index (χ4n) is 2.83. The summed E-state index contributed by atoms with van der Waals surface area (Å²) >= 11 is 0. The summed E-state index contributed by atoms with van der Waals surface area (Å²) in [5.41, 5.74) is 1.14. The van der Waals surface area contributed by atoms with E-state index in [-0.39, 0.29) is 0 Å². The Morgan fingerprint density at radius 2 is 2.00 bits per heavy atom. The average molecular weight is 330 g/mol. The van der Waals surface area contributed by atoms with Crippen molar-refractivity contribution in [2.45, 2.75) is 6.54 Å². The Labute approximate surface area is 144 Å². The molecule has 0 unspecified atom stereocenters. The van der Waals surface area contributed by atoms with Crippen LogP contribution < -0.4 is 14.8 Å². The highest BCUT2D eigenvalue weighted by Crippen LogP contribution is 2.25. The third-order valence-corrected chi connectivity index (χ3v) is 4.11. The molecule has 0 aromatic heterocycles. The Kier molecular flexibility index (Phi) is 6.76. The predicted molar refractivity (Wildman–Crippen MR) is 96.6 cm³/mol. The van der Waals surface area contributed by atoms with Crippen molar-refractivity contribution in [2.24, 2.45) is 4.99 Å². The number of hydrogen-bond donors (Lipinski definition) is 1. The van der Waals surface area contributed by atoms with Crippen LogP contribution in [0.5, 0.6) is 11.5 Å². The first-order valence-electron chi connectivity index (χ1n) is 8.04. The van der Waals surface area contributed by atoms with Crippen LogP contribution in [0.4, 0.5) is 0 Å². The summed E-state index contributed by atoms with van der Waals surface area (Å²) < 4.78 is 10.8. The number of ether oxygens (including phenoxy) is 2. The van der Waals surface area contributed by atoms with E-state index in [1.807, 2.05) is 18.2 Å². The van der Waals surface area contributed by atoms with E-state index in [1.54, 1.807) is 21.3 Å². The minimum Gasteiger partial charge on any atom is -0.497 e. The van der Waals surface area contributed by atoms with Gasteiger partial charge in [0.2, 0.25) is 0 Å². The molecule has 1 heterocycles. The quantitative estimate of drug-likeness (QED) is 0.496. The molecule has 1 fully saturated rings. The maximum Gasteiger partial charge on any atom is 0.194 e. The van der Waals surface area contributed by atoms with Crippen molar-refractivity contribution in [3.63, 3.8) is 0 Å². The van der Waals surface area contributed by atoms with Gasteiger partial charge in [0.05, 0.1) is 20.8 Å². The normalized spacial score (nSPS) is 15.8. The second kappa shape index (κ2) is 9.04. The van der Waals surface area contributed by atoms with Gasteiger partial charge in [-0.15, -0.1) is 6.42 Å². The lowest BCUT2D eigenvalue weighted by molar-refractivity contribution is 0.171. The smallest absolute Gasteiger partial charge is 0.194 e. The van der Waals surface area contributed by atoms with Crippen LogP contribution >= 0.6 is 0 Å². The monoisotopic (exact) mass is 330 g/mol. The van der Waals surface area contributed by atoms with E-state index in [2.05, 4.69) is 26.0 Å². The van der Waals surface area contributed by atoms with Crippen molar-refractivity contribution >= 4 is 5.96 Å². The second-order valence-electron chi connectivity index (χ2n) is 5.55. The first kappa shape index (κ1) is 18.0. The molecule has 6 nitrogen and oxygen atoms in total. The molecule has 6 heteroatoms. The number of guanidine groups is 1.